The van der Waals surface area contributed by atoms with Crippen LogP contribution >= 0.6 is 11.6 Å². The fourth-order valence-corrected chi connectivity index (χ4v) is 3.42. The fraction of sp³-hybridized carbons (Fsp3) is 0.292. The monoisotopic (exact) mass is 472 g/mol. The van der Waals surface area contributed by atoms with Gasteiger partial charge in [0, 0.05) is 6.07 Å². The Morgan fingerprint density at radius 3 is 2.58 bits per heavy atom. The number of ether oxygens (including phenoxy) is 3. The summed E-state index contributed by atoms with van der Waals surface area (Å²) in [5, 5.41) is 2.46. The number of imide groups is 2. The minimum atomic E-state index is -0.844. The Bertz CT molecular complexity index is 1110. The summed E-state index contributed by atoms with van der Waals surface area (Å²) in [6.45, 7) is 6.13. The molecule has 1 saturated heterocycles. The van der Waals surface area contributed by atoms with Crippen molar-refractivity contribution in [1.82, 2.24) is 5.32 Å². The molecule has 1 aliphatic heterocycles. The number of barbiturate groups is 1. The molecule has 1 N–H and O–H groups in total. The maximum Gasteiger partial charge on any atom is 0.335 e. The third-order valence-corrected chi connectivity index (χ3v) is 5.23. The van der Waals surface area contributed by atoms with Crippen LogP contribution in [-0.2, 0) is 9.59 Å². The van der Waals surface area contributed by atoms with Crippen molar-refractivity contribution in [2.45, 2.75) is 33.3 Å². The van der Waals surface area contributed by atoms with Gasteiger partial charge in [0.1, 0.15) is 11.3 Å². The van der Waals surface area contributed by atoms with Gasteiger partial charge in [0.05, 0.1) is 30.5 Å². The number of nitrogens with zero attached hydrogens (tertiary/aromatic N) is 1. The zero-order chi connectivity index (χ0) is 24.1. The molecule has 9 heteroatoms. The second kappa shape index (κ2) is 10.4. The number of benzene rings is 2. The van der Waals surface area contributed by atoms with E-state index in [0.29, 0.717) is 29.4 Å². The Kier molecular flexibility index (Phi) is 7.60. The van der Waals surface area contributed by atoms with E-state index in [1.165, 1.54) is 13.2 Å². The van der Waals surface area contributed by atoms with Gasteiger partial charge in [-0.15, -0.1) is 0 Å². The predicted octanol–water partition coefficient (Wildman–Crippen LogP) is 4.59. The number of carbonyl (C=O) groups excluding carboxylic acids is 3. The van der Waals surface area contributed by atoms with Crippen molar-refractivity contribution in [1.29, 1.82) is 0 Å². The fourth-order valence-electron chi connectivity index (χ4n) is 3.16. The summed E-state index contributed by atoms with van der Waals surface area (Å²) in [7, 11) is 1.47. The first-order chi connectivity index (χ1) is 15.8. The Morgan fingerprint density at radius 2 is 1.91 bits per heavy atom. The van der Waals surface area contributed by atoms with Gasteiger partial charge in [0.2, 0.25) is 0 Å². The van der Waals surface area contributed by atoms with Gasteiger partial charge in [-0.25, -0.2) is 9.69 Å². The smallest absolute Gasteiger partial charge is 0.335 e. The highest BCUT2D eigenvalue weighted by Crippen LogP contribution is 2.38. The van der Waals surface area contributed by atoms with E-state index in [1.54, 1.807) is 36.4 Å². The molecule has 8 nitrogen and oxygen atoms in total. The lowest BCUT2D eigenvalue weighted by atomic mass is 10.1. The number of nitrogens with one attached hydrogen (secondary N) is 1. The SMILES string of the molecule is CCOc1cccc(N2C(=O)NC(=O)/C(=C\c3cc(Cl)c(O[C@@H](C)CC)c(OC)c3)C2=O)c1. The summed E-state index contributed by atoms with van der Waals surface area (Å²) < 4.78 is 16.7. The topological polar surface area (TPSA) is 94.2 Å². The van der Waals surface area contributed by atoms with Crippen LogP contribution in [0.25, 0.3) is 6.08 Å². The van der Waals surface area contributed by atoms with Crippen molar-refractivity contribution >= 4 is 41.2 Å². The van der Waals surface area contributed by atoms with E-state index in [4.69, 9.17) is 25.8 Å². The second-order valence-corrected chi connectivity index (χ2v) is 7.67. The second-order valence-electron chi connectivity index (χ2n) is 7.26. The quantitative estimate of drug-likeness (QED) is 0.446. The van der Waals surface area contributed by atoms with Gasteiger partial charge in [-0.3, -0.25) is 14.9 Å². The number of anilines is 1. The molecular weight excluding hydrogens is 448 g/mol. The third kappa shape index (κ3) is 5.28. The van der Waals surface area contributed by atoms with Gasteiger partial charge < -0.3 is 14.2 Å². The number of hydrogen-bond donors (Lipinski definition) is 1. The lowest BCUT2D eigenvalue weighted by Gasteiger charge is -2.26. The zero-order valence-corrected chi connectivity index (χ0v) is 19.6. The molecule has 0 aromatic heterocycles. The van der Waals surface area contributed by atoms with E-state index in [1.807, 2.05) is 20.8 Å². The molecule has 0 radical (unpaired) electrons. The lowest BCUT2D eigenvalue weighted by molar-refractivity contribution is -0.122. The van der Waals surface area contributed by atoms with Gasteiger partial charge >= 0.3 is 6.03 Å². The summed E-state index contributed by atoms with van der Waals surface area (Å²) in [6, 6.07) is 8.81. The van der Waals surface area contributed by atoms with Crippen molar-refractivity contribution in [3.63, 3.8) is 0 Å². The van der Waals surface area contributed by atoms with Crippen LogP contribution < -0.4 is 24.4 Å². The number of amides is 4. The maximum absolute atomic E-state index is 13.2. The van der Waals surface area contributed by atoms with Crippen LogP contribution in [0.1, 0.15) is 32.8 Å². The minimum Gasteiger partial charge on any atom is -0.494 e. The van der Waals surface area contributed by atoms with Crippen LogP contribution in [0, 0.1) is 0 Å². The largest absolute Gasteiger partial charge is 0.494 e. The maximum atomic E-state index is 13.2. The number of rotatable bonds is 8. The Morgan fingerprint density at radius 1 is 1.15 bits per heavy atom. The van der Waals surface area contributed by atoms with Gasteiger partial charge in [-0.1, -0.05) is 24.6 Å². The normalized spacial score (nSPS) is 16.0. The third-order valence-electron chi connectivity index (χ3n) is 4.95. The molecular formula is C24H25ClN2O6. The first-order valence-corrected chi connectivity index (χ1v) is 10.8. The molecule has 1 aliphatic rings. The minimum absolute atomic E-state index is 0.0849. The number of methoxy groups -OCH3 is 1. The van der Waals surface area contributed by atoms with Crippen molar-refractivity contribution < 1.29 is 28.6 Å². The molecule has 2 aromatic rings. The van der Waals surface area contributed by atoms with E-state index in [9.17, 15) is 14.4 Å². The van der Waals surface area contributed by atoms with E-state index < -0.39 is 17.8 Å². The molecule has 4 amide bonds. The highest BCUT2D eigenvalue weighted by Gasteiger charge is 2.37. The first kappa shape index (κ1) is 24.1. The van der Waals surface area contributed by atoms with E-state index >= 15 is 0 Å². The number of hydrogen-bond acceptors (Lipinski definition) is 6. The molecule has 174 valence electrons. The molecule has 1 fully saturated rings. The van der Waals surface area contributed by atoms with Gasteiger partial charge in [0.15, 0.2) is 11.5 Å². The van der Waals surface area contributed by atoms with Gasteiger partial charge in [-0.05, 0) is 56.2 Å². The van der Waals surface area contributed by atoms with Crippen molar-refractivity contribution in [2.75, 3.05) is 18.6 Å². The van der Waals surface area contributed by atoms with Crippen molar-refractivity contribution in [3.8, 4) is 17.2 Å². The van der Waals surface area contributed by atoms with Crippen LogP contribution in [0.3, 0.4) is 0 Å². The molecule has 0 spiro atoms. The highest BCUT2D eigenvalue weighted by atomic mass is 35.5. The Labute approximate surface area is 197 Å². The van der Waals surface area contributed by atoms with Crippen LogP contribution in [0.2, 0.25) is 5.02 Å². The van der Waals surface area contributed by atoms with Crippen molar-refractivity contribution in [3.05, 3.63) is 52.6 Å². The summed E-state index contributed by atoms with van der Waals surface area (Å²) >= 11 is 6.40. The van der Waals surface area contributed by atoms with Crippen LogP contribution in [-0.4, -0.2) is 37.7 Å². The molecule has 1 heterocycles. The van der Waals surface area contributed by atoms with E-state index in [0.717, 1.165) is 11.3 Å². The predicted molar refractivity (Wildman–Crippen MR) is 125 cm³/mol. The van der Waals surface area contributed by atoms with Crippen molar-refractivity contribution in [2.24, 2.45) is 0 Å². The van der Waals surface area contributed by atoms with Crippen LogP contribution in [0.5, 0.6) is 17.2 Å². The molecule has 0 aliphatic carbocycles. The zero-order valence-electron chi connectivity index (χ0n) is 18.8. The summed E-state index contributed by atoms with van der Waals surface area (Å²) in [4.78, 5) is 39.0. The van der Waals surface area contributed by atoms with Crippen LogP contribution in [0.4, 0.5) is 10.5 Å². The number of urea groups is 1. The first-order valence-electron chi connectivity index (χ1n) is 10.5. The van der Waals surface area contributed by atoms with Crippen LogP contribution in [0.15, 0.2) is 42.0 Å². The Balaban J connectivity index is 1.99. The van der Waals surface area contributed by atoms with Gasteiger partial charge in [0.25, 0.3) is 11.8 Å². The van der Waals surface area contributed by atoms with Gasteiger partial charge in [-0.2, -0.15) is 0 Å². The molecule has 0 unspecified atom stereocenters. The van der Waals surface area contributed by atoms with E-state index in [-0.39, 0.29) is 22.4 Å². The van der Waals surface area contributed by atoms with E-state index in [2.05, 4.69) is 5.32 Å². The summed E-state index contributed by atoms with van der Waals surface area (Å²) in [5.41, 5.74) is 0.476. The molecule has 2 aromatic carbocycles. The summed E-state index contributed by atoms with van der Waals surface area (Å²) in [6.07, 6.45) is 2.04. The highest BCUT2D eigenvalue weighted by molar-refractivity contribution is 6.39. The standard InChI is InChI=1S/C24H25ClN2O6/c1-5-14(3)33-21-19(25)11-15(12-20(21)31-4)10-18-22(28)26-24(30)27(23(18)29)16-8-7-9-17(13-16)32-6-2/h7-14H,5-6H2,1-4H3,(H,26,28,30)/b18-10+/t14-/m0/s1. The average molecular weight is 473 g/mol. The molecule has 33 heavy (non-hydrogen) atoms. The summed E-state index contributed by atoms with van der Waals surface area (Å²) in [5.74, 6) is -0.355. The molecule has 0 saturated carbocycles. The number of carbonyl (C=O) groups is 3. The average Bonchev–Trinajstić information content (AvgIpc) is 2.78. The molecule has 1 atom stereocenters. The lowest BCUT2D eigenvalue weighted by Crippen LogP contribution is -2.54. The molecule has 0 bridgehead atoms. The Hall–Kier alpha value is -3.52. The molecule has 3 rings (SSSR count). The number of halogens is 1.